The quantitative estimate of drug-likeness (QED) is 0.637. The molecule has 2 aromatic rings. The third kappa shape index (κ3) is 5.95. The Kier molecular flexibility index (Phi) is 7.46. The van der Waals surface area contributed by atoms with Crippen LogP contribution in [-0.4, -0.2) is 46.4 Å². The lowest BCUT2D eigenvalue weighted by molar-refractivity contribution is 0.0952. The number of rotatable bonds is 8. The number of carbonyl (C=O) groups is 1. The Morgan fingerprint density at radius 2 is 1.82 bits per heavy atom. The van der Waals surface area contributed by atoms with E-state index < -0.39 is 10.0 Å². The summed E-state index contributed by atoms with van der Waals surface area (Å²) in [5, 5.41) is 2.85. The van der Waals surface area contributed by atoms with Crippen molar-refractivity contribution in [1.29, 1.82) is 0 Å². The van der Waals surface area contributed by atoms with Crippen LogP contribution < -0.4 is 10.0 Å². The molecule has 6 nitrogen and oxygen atoms in total. The minimum atomic E-state index is -3.94. The van der Waals surface area contributed by atoms with Crippen LogP contribution in [0.1, 0.15) is 27.9 Å². The van der Waals surface area contributed by atoms with Gasteiger partial charge in [-0.05, 0) is 70.7 Å². The van der Waals surface area contributed by atoms with Crippen LogP contribution in [0.2, 0.25) is 5.02 Å². The van der Waals surface area contributed by atoms with E-state index in [0.29, 0.717) is 12.2 Å². The summed E-state index contributed by atoms with van der Waals surface area (Å²) in [6.45, 7) is 5.11. The van der Waals surface area contributed by atoms with E-state index in [4.69, 9.17) is 11.6 Å². The van der Waals surface area contributed by atoms with Gasteiger partial charge in [0.15, 0.2) is 0 Å². The number of halogens is 1. The van der Waals surface area contributed by atoms with Gasteiger partial charge in [0.05, 0.1) is 10.7 Å². The molecule has 0 unspecified atom stereocenters. The zero-order valence-corrected chi connectivity index (χ0v) is 18.1. The van der Waals surface area contributed by atoms with Gasteiger partial charge in [0, 0.05) is 12.1 Å². The van der Waals surface area contributed by atoms with Crippen molar-refractivity contribution in [2.45, 2.75) is 25.2 Å². The molecule has 0 saturated heterocycles. The molecule has 8 heteroatoms. The van der Waals surface area contributed by atoms with Crippen molar-refractivity contribution in [2.24, 2.45) is 0 Å². The van der Waals surface area contributed by atoms with Gasteiger partial charge in [0.2, 0.25) is 0 Å². The Labute approximate surface area is 171 Å². The summed E-state index contributed by atoms with van der Waals surface area (Å²) in [5.74, 6) is -0.335. The molecule has 0 bridgehead atoms. The van der Waals surface area contributed by atoms with Crippen LogP contribution in [0.15, 0.2) is 41.3 Å². The van der Waals surface area contributed by atoms with Crippen molar-refractivity contribution < 1.29 is 13.2 Å². The lowest BCUT2D eigenvalue weighted by atomic mass is 10.1. The zero-order valence-electron chi connectivity index (χ0n) is 16.5. The highest BCUT2D eigenvalue weighted by molar-refractivity contribution is 7.92. The van der Waals surface area contributed by atoms with Gasteiger partial charge >= 0.3 is 0 Å². The fraction of sp³-hybridized carbons (Fsp3) is 0.350. The van der Waals surface area contributed by atoms with Crippen molar-refractivity contribution >= 4 is 33.2 Å². The maximum atomic E-state index is 12.8. The molecule has 0 aromatic heterocycles. The highest BCUT2D eigenvalue weighted by Gasteiger charge is 2.21. The lowest BCUT2D eigenvalue weighted by Gasteiger charge is -2.14. The van der Waals surface area contributed by atoms with E-state index in [-0.39, 0.29) is 21.4 Å². The van der Waals surface area contributed by atoms with Gasteiger partial charge in [-0.1, -0.05) is 29.3 Å². The zero-order chi connectivity index (χ0) is 20.9. The average Bonchev–Trinajstić information content (AvgIpc) is 2.61. The molecule has 0 saturated carbocycles. The van der Waals surface area contributed by atoms with E-state index in [1.54, 1.807) is 6.07 Å². The SMILES string of the molecule is Cc1ccc(NS(=O)(=O)c2cc(C(=O)NCCCN(C)C)ccc2Cl)c(C)c1. The molecule has 0 radical (unpaired) electrons. The van der Waals surface area contributed by atoms with Gasteiger partial charge in [-0.15, -0.1) is 0 Å². The van der Waals surface area contributed by atoms with Crippen molar-refractivity contribution in [2.75, 3.05) is 31.9 Å². The molecule has 0 aliphatic heterocycles. The van der Waals surface area contributed by atoms with Gasteiger partial charge in [-0.25, -0.2) is 8.42 Å². The highest BCUT2D eigenvalue weighted by Crippen LogP contribution is 2.26. The predicted molar refractivity (Wildman–Crippen MR) is 114 cm³/mol. The molecule has 0 aliphatic rings. The van der Waals surface area contributed by atoms with Crippen molar-refractivity contribution in [3.05, 3.63) is 58.1 Å². The second-order valence-corrected chi connectivity index (χ2v) is 9.04. The fourth-order valence-corrected chi connectivity index (χ4v) is 4.34. The van der Waals surface area contributed by atoms with Crippen LogP contribution in [0.5, 0.6) is 0 Å². The van der Waals surface area contributed by atoms with Gasteiger partial charge in [0.1, 0.15) is 4.90 Å². The smallest absolute Gasteiger partial charge is 0.263 e. The Hall–Kier alpha value is -2.09. The maximum absolute atomic E-state index is 12.8. The maximum Gasteiger partial charge on any atom is 0.263 e. The molecule has 2 N–H and O–H groups in total. The summed E-state index contributed by atoms with van der Waals surface area (Å²) in [7, 11) is -0.0219. The van der Waals surface area contributed by atoms with Crippen molar-refractivity contribution in [1.82, 2.24) is 10.2 Å². The predicted octanol–water partition coefficient (Wildman–Crippen LogP) is 3.44. The molecule has 1 amide bonds. The number of aryl methyl sites for hydroxylation is 2. The number of hydrogen-bond acceptors (Lipinski definition) is 4. The number of nitrogens with one attached hydrogen (secondary N) is 2. The Bertz CT molecular complexity index is 959. The lowest BCUT2D eigenvalue weighted by Crippen LogP contribution is -2.27. The number of benzene rings is 2. The molecule has 0 aliphatic carbocycles. The monoisotopic (exact) mass is 423 g/mol. The summed E-state index contributed by atoms with van der Waals surface area (Å²) in [6.07, 6.45) is 0.797. The van der Waals surface area contributed by atoms with Gasteiger partial charge in [0.25, 0.3) is 15.9 Å². The molecule has 0 atom stereocenters. The number of anilines is 1. The minimum absolute atomic E-state index is 0.0569. The summed E-state index contributed by atoms with van der Waals surface area (Å²) >= 11 is 6.12. The molecule has 0 spiro atoms. The third-order valence-corrected chi connectivity index (χ3v) is 6.02. The van der Waals surface area contributed by atoms with Crippen LogP contribution in [0.3, 0.4) is 0 Å². The van der Waals surface area contributed by atoms with Gasteiger partial charge < -0.3 is 10.2 Å². The summed E-state index contributed by atoms with van der Waals surface area (Å²) in [5.41, 5.74) is 2.55. The Balaban J connectivity index is 2.20. The van der Waals surface area contributed by atoms with Crippen LogP contribution in [0, 0.1) is 13.8 Å². The normalized spacial score (nSPS) is 11.5. The van der Waals surface area contributed by atoms with Gasteiger partial charge in [-0.3, -0.25) is 9.52 Å². The Morgan fingerprint density at radius 1 is 1.11 bits per heavy atom. The summed E-state index contributed by atoms with van der Waals surface area (Å²) < 4.78 is 28.2. The standard InChI is InChI=1S/C20H26ClN3O3S/c1-14-6-9-18(15(2)12-14)23-28(26,27)19-13-16(7-8-17(19)21)20(25)22-10-5-11-24(3)4/h6-9,12-13,23H,5,10-11H2,1-4H3,(H,22,25). The molecule has 0 heterocycles. The molecular weight excluding hydrogens is 398 g/mol. The molecule has 2 aromatic carbocycles. The van der Waals surface area contributed by atoms with E-state index in [9.17, 15) is 13.2 Å². The second-order valence-electron chi connectivity index (χ2n) is 6.98. The van der Waals surface area contributed by atoms with Crippen LogP contribution in [0.4, 0.5) is 5.69 Å². The van der Waals surface area contributed by atoms with Gasteiger partial charge in [-0.2, -0.15) is 0 Å². The number of hydrogen-bond donors (Lipinski definition) is 2. The first-order valence-electron chi connectivity index (χ1n) is 8.92. The third-order valence-electron chi connectivity index (χ3n) is 4.18. The summed E-state index contributed by atoms with van der Waals surface area (Å²) in [4.78, 5) is 14.2. The largest absolute Gasteiger partial charge is 0.352 e. The fourth-order valence-electron chi connectivity index (χ4n) is 2.68. The van der Waals surface area contributed by atoms with Crippen LogP contribution in [0.25, 0.3) is 0 Å². The first-order chi connectivity index (χ1) is 13.1. The van der Waals surface area contributed by atoms with Crippen LogP contribution >= 0.6 is 11.6 Å². The number of nitrogens with zero attached hydrogens (tertiary/aromatic N) is 1. The molecule has 152 valence electrons. The molecule has 2 rings (SSSR count). The average molecular weight is 424 g/mol. The number of carbonyl (C=O) groups excluding carboxylic acids is 1. The van der Waals surface area contributed by atoms with E-state index in [0.717, 1.165) is 24.1 Å². The number of sulfonamides is 1. The molecular formula is C20H26ClN3O3S. The first kappa shape index (κ1) is 22.2. The highest BCUT2D eigenvalue weighted by atomic mass is 35.5. The number of amides is 1. The van der Waals surface area contributed by atoms with E-state index in [2.05, 4.69) is 10.0 Å². The van der Waals surface area contributed by atoms with E-state index in [1.807, 2.05) is 45.0 Å². The second kappa shape index (κ2) is 9.41. The molecule has 0 fully saturated rings. The topological polar surface area (TPSA) is 78.5 Å². The van der Waals surface area contributed by atoms with Crippen molar-refractivity contribution in [3.63, 3.8) is 0 Å². The minimum Gasteiger partial charge on any atom is -0.352 e. The van der Waals surface area contributed by atoms with Crippen molar-refractivity contribution in [3.8, 4) is 0 Å². The molecule has 28 heavy (non-hydrogen) atoms. The van der Waals surface area contributed by atoms with Crippen LogP contribution in [-0.2, 0) is 10.0 Å². The van der Waals surface area contributed by atoms with E-state index in [1.165, 1.54) is 18.2 Å². The van der Waals surface area contributed by atoms with E-state index >= 15 is 0 Å². The summed E-state index contributed by atoms with van der Waals surface area (Å²) in [6, 6.07) is 9.65. The first-order valence-corrected chi connectivity index (χ1v) is 10.8. The Morgan fingerprint density at radius 3 is 2.46 bits per heavy atom.